The molecule has 0 unspecified atom stereocenters. The van der Waals surface area contributed by atoms with E-state index in [-0.39, 0.29) is 21.7 Å². The number of nitrogens with one attached hydrogen (secondary N) is 1. The van der Waals surface area contributed by atoms with Crippen LogP contribution in [0.3, 0.4) is 0 Å². The number of rotatable bonds is 4. The molecule has 110 valence electrons. The number of benzene rings is 1. The smallest absolute Gasteiger partial charge is 0.278 e. The van der Waals surface area contributed by atoms with Crippen molar-refractivity contribution >= 4 is 29.0 Å². The van der Waals surface area contributed by atoms with Gasteiger partial charge in [-0.3, -0.25) is 14.7 Å². The molecule has 0 amide bonds. The van der Waals surface area contributed by atoms with Crippen LogP contribution in [-0.4, -0.2) is 15.6 Å². The first-order chi connectivity index (χ1) is 9.95. The monoisotopic (exact) mass is 324 g/mol. The van der Waals surface area contributed by atoms with Gasteiger partial charge in [-0.05, 0) is 32.0 Å². The second-order valence-electron chi connectivity index (χ2n) is 4.55. The van der Waals surface area contributed by atoms with Crippen molar-refractivity contribution in [2.75, 3.05) is 0 Å². The van der Waals surface area contributed by atoms with Gasteiger partial charge in [-0.15, -0.1) is 0 Å². The zero-order chi connectivity index (χ0) is 15.6. The van der Waals surface area contributed by atoms with Gasteiger partial charge < -0.3 is 0 Å². The molecule has 1 N–H and O–H groups in total. The molecular weight excluding hydrogens is 311 g/mol. The second kappa shape index (κ2) is 6.33. The summed E-state index contributed by atoms with van der Waals surface area (Å²) in [4.78, 5) is 24.8. The molecule has 0 saturated heterocycles. The van der Waals surface area contributed by atoms with E-state index in [1.165, 1.54) is 16.8 Å². The van der Waals surface area contributed by atoms with E-state index >= 15 is 0 Å². The molecule has 0 saturated carbocycles. The van der Waals surface area contributed by atoms with Gasteiger partial charge in [0.1, 0.15) is 5.56 Å². The van der Waals surface area contributed by atoms with E-state index in [1.807, 2.05) is 19.1 Å². The molecule has 6 heteroatoms. The summed E-state index contributed by atoms with van der Waals surface area (Å²) in [5, 5.41) is 3.56. The number of ketones is 1. The molecule has 1 heterocycles. The normalized spacial score (nSPS) is 11.2. The molecule has 2 aromatic rings. The van der Waals surface area contributed by atoms with Crippen molar-refractivity contribution in [3.8, 4) is 0 Å². The molecule has 2 rings (SSSR count). The number of nitrogens with zero attached hydrogens (tertiary/aromatic N) is 1. The first-order valence-corrected chi connectivity index (χ1v) is 7.11. The molecule has 21 heavy (non-hydrogen) atoms. The van der Waals surface area contributed by atoms with Gasteiger partial charge in [0.25, 0.3) is 5.56 Å². The molecule has 4 nitrogen and oxygen atoms in total. The Balaban J connectivity index is 2.49. The van der Waals surface area contributed by atoms with E-state index in [9.17, 15) is 9.59 Å². The quantitative estimate of drug-likeness (QED) is 0.690. The number of carbonyl (C=O) groups is 1. The fourth-order valence-corrected chi connectivity index (χ4v) is 2.51. The lowest BCUT2D eigenvalue weighted by atomic mass is 10.0. The van der Waals surface area contributed by atoms with Gasteiger partial charge in [0, 0.05) is 16.3 Å². The van der Waals surface area contributed by atoms with Crippen molar-refractivity contribution in [2.45, 2.75) is 20.4 Å². The van der Waals surface area contributed by atoms with E-state index in [1.54, 1.807) is 13.0 Å². The second-order valence-corrected chi connectivity index (χ2v) is 5.39. The number of aromatic nitrogens is 2. The highest BCUT2D eigenvalue weighted by molar-refractivity contribution is 6.37. The van der Waals surface area contributed by atoms with E-state index in [4.69, 9.17) is 23.2 Å². The van der Waals surface area contributed by atoms with Gasteiger partial charge in [-0.2, -0.15) is 0 Å². The minimum absolute atomic E-state index is 0.101. The Morgan fingerprint density at radius 1 is 1.38 bits per heavy atom. The largest absolute Gasteiger partial charge is 0.299 e. The molecule has 0 fully saturated rings. The van der Waals surface area contributed by atoms with Crippen molar-refractivity contribution in [1.82, 2.24) is 9.78 Å². The molecule has 1 aromatic heterocycles. The van der Waals surface area contributed by atoms with Crippen molar-refractivity contribution in [1.29, 1.82) is 0 Å². The summed E-state index contributed by atoms with van der Waals surface area (Å²) >= 11 is 11.9. The Bertz CT molecular complexity index is 772. The molecule has 0 atom stereocenters. The predicted molar refractivity (Wildman–Crippen MR) is 84.5 cm³/mol. The predicted octanol–water partition coefficient (Wildman–Crippen LogP) is 3.60. The summed E-state index contributed by atoms with van der Waals surface area (Å²) in [6.45, 7) is 3.93. The van der Waals surface area contributed by atoms with Gasteiger partial charge in [0.05, 0.1) is 11.6 Å². The average molecular weight is 325 g/mol. The molecule has 0 aliphatic heterocycles. The maximum atomic E-state index is 12.5. The summed E-state index contributed by atoms with van der Waals surface area (Å²) in [5.74, 6) is -0.408. The lowest BCUT2D eigenvalue weighted by Crippen LogP contribution is -2.21. The van der Waals surface area contributed by atoms with Gasteiger partial charge in [-0.25, -0.2) is 4.68 Å². The fraction of sp³-hybridized carbons (Fsp3) is 0.200. The van der Waals surface area contributed by atoms with E-state index in [0.29, 0.717) is 17.3 Å². The van der Waals surface area contributed by atoms with Crippen molar-refractivity contribution in [2.24, 2.45) is 0 Å². The molecule has 0 spiro atoms. The summed E-state index contributed by atoms with van der Waals surface area (Å²) in [5.41, 5.74) is 0.518. The Kier molecular flexibility index (Phi) is 4.70. The number of halogens is 2. The lowest BCUT2D eigenvalue weighted by molar-refractivity contribution is 0.103. The van der Waals surface area contributed by atoms with Crippen LogP contribution in [0.2, 0.25) is 10.0 Å². The van der Waals surface area contributed by atoms with Gasteiger partial charge in [-0.1, -0.05) is 35.4 Å². The van der Waals surface area contributed by atoms with Crippen LogP contribution in [0, 0.1) is 6.92 Å². The van der Waals surface area contributed by atoms with E-state index in [0.717, 1.165) is 0 Å². The van der Waals surface area contributed by atoms with Crippen molar-refractivity contribution < 1.29 is 4.79 Å². The minimum Gasteiger partial charge on any atom is -0.299 e. The number of hydrogen-bond acceptors (Lipinski definition) is 2. The Labute approximate surface area is 132 Å². The van der Waals surface area contributed by atoms with Crippen molar-refractivity contribution in [3.05, 3.63) is 67.6 Å². The van der Waals surface area contributed by atoms with Crippen LogP contribution in [0.4, 0.5) is 0 Å². The maximum absolute atomic E-state index is 12.5. The first-order valence-electron chi connectivity index (χ1n) is 6.36. The molecule has 0 aliphatic carbocycles. The molecule has 0 radical (unpaired) electrons. The third-order valence-corrected chi connectivity index (χ3v) is 3.61. The number of aromatic amines is 1. The number of H-pyrrole nitrogens is 1. The minimum atomic E-state index is -0.408. The highest BCUT2D eigenvalue weighted by Gasteiger charge is 2.21. The lowest BCUT2D eigenvalue weighted by Gasteiger charge is -2.02. The zero-order valence-corrected chi connectivity index (χ0v) is 13.1. The van der Waals surface area contributed by atoms with E-state index < -0.39 is 5.78 Å². The van der Waals surface area contributed by atoms with Crippen LogP contribution in [0.25, 0.3) is 0 Å². The molecular formula is C15H14Cl2N2O2. The van der Waals surface area contributed by atoms with Crippen LogP contribution < -0.4 is 5.56 Å². The third-order valence-electron chi connectivity index (χ3n) is 3.06. The van der Waals surface area contributed by atoms with Crippen LogP contribution in [0.15, 0.2) is 35.1 Å². The number of allylic oxidation sites excluding steroid dienone is 2. The topological polar surface area (TPSA) is 54.9 Å². The maximum Gasteiger partial charge on any atom is 0.278 e. The number of carbonyl (C=O) groups excluding carboxylic acids is 1. The van der Waals surface area contributed by atoms with Gasteiger partial charge in [0.15, 0.2) is 0 Å². The highest BCUT2D eigenvalue weighted by Crippen LogP contribution is 2.23. The van der Waals surface area contributed by atoms with Crippen molar-refractivity contribution in [3.63, 3.8) is 0 Å². The fourth-order valence-electron chi connectivity index (χ4n) is 2.02. The van der Waals surface area contributed by atoms with Crippen LogP contribution in [-0.2, 0) is 6.54 Å². The number of aryl methyl sites for hydroxylation is 1. The number of hydrogen-bond donors (Lipinski definition) is 1. The standard InChI is InChI=1S/C15H14Cl2N2O2/c1-3-4-7-19-15(21)13(9(2)18-19)14(20)11-6-5-10(16)8-12(11)17/h3-6,8,18H,7H2,1-2H3/b4-3+. The summed E-state index contributed by atoms with van der Waals surface area (Å²) in [6, 6.07) is 4.58. The Hall–Kier alpha value is -1.78. The molecule has 0 aliphatic rings. The van der Waals surface area contributed by atoms with Gasteiger partial charge >= 0.3 is 0 Å². The Morgan fingerprint density at radius 2 is 2.10 bits per heavy atom. The Morgan fingerprint density at radius 3 is 2.71 bits per heavy atom. The van der Waals surface area contributed by atoms with Crippen LogP contribution in [0.1, 0.15) is 28.5 Å². The third kappa shape index (κ3) is 3.12. The van der Waals surface area contributed by atoms with E-state index in [2.05, 4.69) is 5.10 Å². The van der Waals surface area contributed by atoms with Gasteiger partial charge in [0.2, 0.25) is 5.78 Å². The highest BCUT2D eigenvalue weighted by atomic mass is 35.5. The SMILES string of the molecule is C/C=C/Cn1[nH]c(C)c(C(=O)c2ccc(Cl)cc2Cl)c1=O. The summed E-state index contributed by atoms with van der Waals surface area (Å²) < 4.78 is 1.38. The van der Waals surface area contributed by atoms with Crippen LogP contribution >= 0.6 is 23.2 Å². The first kappa shape index (κ1) is 15.6. The molecule has 1 aromatic carbocycles. The zero-order valence-electron chi connectivity index (χ0n) is 11.6. The molecule has 0 bridgehead atoms. The average Bonchev–Trinajstić information content (AvgIpc) is 2.70. The van der Waals surface area contributed by atoms with Crippen LogP contribution in [0.5, 0.6) is 0 Å². The summed E-state index contributed by atoms with van der Waals surface area (Å²) in [6.07, 6.45) is 3.65. The summed E-state index contributed by atoms with van der Waals surface area (Å²) in [7, 11) is 0.